The van der Waals surface area contributed by atoms with Crippen LogP contribution in [0.15, 0.2) is 29.2 Å². The number of benzene rings is 1. The zero-order valence-electron chi connectivity index (χ0n) is 11.3. The molecular weight excluding hydrogens is 281 g/mol. The third-order valence-electron chi connectivity index (χ3n) is 2.84. The normalized spacial score (nSPS) is 11.6. The van der Waals surface area contributed by atoms with Crippen LogP contribution >= 0.6 is 0 Å². The summed E-state index contributed by atoms with van der Waals surface area (Å²) in [5, 5.41) is 6.63. The predicted octanol–water partition coefficient (Wildman–Crippen LogP) is 2.61. The second-order valence-electron chi connectivity index (χ2n) is 4.54. The van der Waals surface area contributed by atoms with E-state index >= 15 is 0 Å². The summed E-state index contributed by atoms with van der Waals surface area (Å²) in [6.45, 7) is 3.59. The summed E-state index contributed by atoms with van der Waals surface area (Å²) in [7, 11) is -3.83. The standard InChI is InChI=1S/C13H16FN3O2S/c1-3-4-10-7-13(16-15-10)17-20(18,19)11-6-5-9(2)12(14)8-11/h5-8H,3-4H2,1-2H3,(H2,15,16,17). The number of hydrogen-bond donors (Lipinski definition) is 2. The van der Waals surface area contributed by atoms with E-state index in [1.165, 1.54) is 12.1 Å². The van der Waals surface area contributed by atoms with E-state index in [-0.39, 0.29) is 10.7 Å². The third-order valence-corrected chi connectivity index (χ3v) is 4.20. The van der Waals surface area contributed by atoms with E-state index in [1.54, 1.807) is 13.0 Å². The number of halogens is 1. The summed E-state index contributed by atoms with van der Waals surface area (Å²) < 4.78 is 40.0. The molecule has 2 N–H and O–H groups in total. The number of nitrogens with one attached hydrogen (secondary N) is 2. The van der Waals surface area contributed by atoms with Crippen molar-refractivity contribution in [3.8, 4) is 0 Å². The molecule has 1 aromatic heterocycles. The van der Waals surface area contributed by atoms with Gasteiger partial charge in [0.1, 0.15) is 5.82 Å². The Bertz CT molecular complexity index is 710. The van der Waals surface area contributed by atoms with Crippen LogP contribution in [0.1, 0.15) is 24.6 Å². The topological polar surface area (TPSA) is 74.8 Å². The molecular formula is C13H16FN3O2S. The summed E-state index contributed by atoms with van der Waals surface area (Å²) in [4.78, 5) is -0.124. The fourth-order valence-corrected chi connectivity index (χ4v) is 2.75. The summed E-state index contributed by atoms with van der Waals surface area (Å²) in [5.74, 6) is -0.351. The number of sulfonamides is 1. The molecule has 0 aliphatic carbocycles. The van der Waals surface area contributed by atoms with E-state index < -0.39 is 15.8 Å². The van der Waals surface area contributed by atoms with E-state index in [1.807, 2.05) is 6.92 Å². The number of aryl methyl sites for hydroxylation is 2. The van der Waals surface area contributed by atoms with Crippen molar-refractivity contribution in [2.45, 2.75) is 31.6 Å². The summed E-state index contributed by atoms with van der Waals surface area (Å²) in [6.07, 6.45) is 1.71. The average molecular weight is 297 g/mol. The van der Waals surface area contributed by atoms with Gasteiger partial charge in [-0.3, -0.25) is 9.82 Å². The van der Waals surface area contributed by atoms with Crippen molar-refractivity contribution in [2.75, 3.05) is 4.72 Å². The van der Waals surface area contributed by atoms with Gasteiger partial charge in [0.2, 0.25) is 0 Å². The lowest BCUT2D eigenvalue weighted by Crippen LogP contribution is -2.13. The molecule has 2 rings (SSSR count). The van der Waals surface area contributed by atoms with Crippen LogP contribution < -0.4 is 4.72 Å². The lowest BCUT2D eigenvalue weighted by Gasteiger charge is -2.06. The number of aromatic amines is 1. The van der Waals surface area contributed by atoms with Crippen molar-refractivity contribution in [1.29, 1.82) is 0 Å². The Morgan fingerprint density at radius 3 is 2.75 bits per heavy atom. The van der Waals surface area contributed by atoms with Gasteiger partial charge in [0.25, 0.3) is 10.0 Å². The molecule has 1 aromatic carbocycles. The molecule has 0 saturated carbocycles. The molecule has 108 valence electrons. The van der Waals surface area contributed by atoms with Gasteiger partial charge in [-0.15, -0.1) is 0 Å². The number of aromatic nitrogens is 2. The molecule has 0 spiro atoms. The van der Waals surface area contributed by atoms with Crippen LogP contribution in [0.5, 0.6) is 0 Å². The fourth-order valence-electron chi connectivity index (χ4n) is 1.75. The minimum absolute atomic E-state index is 0.124. The summed E-state index contributed by atoms with van der Waals surface area (Å²) in [5.41, 5.74) is 1.24. The zero-order chi connectivity index (χ0) is 14.8. The van der Waals surface area contributed by atoms with Crippen LogP contribution in [0.25, 0.3) is 0 Å². The van der Waals surface area contributed by atoms with Gasteiger partial charge in [-0.25, -0.2) is 12.8 Å². The van der Waals surface area contributed by atoms with Gasteiger partial charge < -0.3 is 0 Å². The minimum Gasteiger partial charge on any atom is -0.280 e. The third kappa shape index (κ3) is 3.16. The van der Waals surface area contributed by atoms with Crippen LogP contribution in [0, 0.1) is 12.7 Å². The molecule has 0 atom stereocenters. The Morgan fingerprint density at radius 1 is 1.35 bits per heavy atom. The first-order valence-corrected chi connectivity index (χ1v) is 7.74. The fraction of sp³-hybridized carbons (Fsp3) is 0.308. The first kappa shape index (κ1) is 14.5. The first-order chi connectivity index (χ1) is 9.42. The highest BCUT2D eigenvalue weighted by Gasteiger charge is 2.17. The molecule has 0 aliphatic rings. The van der Waals surface area contributed by atoms with Gasteiger partial charge in [-0.1, -0.05) is 19.4 Å². The molecule has 0 amide bonds. The van der Waals surface area contributed by atoms with E-state index in [0.29, 0.717) is 5.56 Å². The maximum Gasteiger partial charge on any atom is 0.263 e. The molecule has 2 aromatic rings. The average Bonchev–Trinajstić information content (AvgIpc) is 2.79. The summed E-state index contributed by atoms with van der Waals surface area (Å²) in [6, 6.07) is 5.42. The minimum atomic E-state index is -3.83. The SMILES string of the molecule is CCCc1cc(NS(=O)(=O)c2ccc(C)c(F)c2)n[nH]1. The lowest BCUT2D eigenvalue weighted by atomic mass is 10.2. The smallest absolute Gasteiger partial charge is 0.263 e. The molecule has 20 heavy (non-hydrogen) atoms. The van der Waals surface area contributed by atoms with Crippen molar-refractivity contribution in [3.05, 3.63) is 41.3 Å². The van der Waals surface area contributed by atoms with E-state index in [2.05, 4.69) is 14.9 Å². The van der Waals surface area contributed by atoms with Crippen molar-refractivity contribution in [3.63, 3.8) is 0 Å². The number of H-pyrrole nitrogens is 1. The van der Waals surface area contributed by atoms with Crippen LogP contribution in [0.3, 0.4) is 0 Å². The van der Waals surface area contributed by atoms with Crippen molar-refractivity contribution in [1.82, 2.24) is 10.2 Å². The van der Waals surface area contributed by atoms with E-state index in [4.69, 9.17) is 0 Å². The van der Waals surface area contributed by atoms with Crippen molar-refractivity contribution < 1.29 is 12.8 Å². The quantitative estimate of drug-likeness (QED) is 0.890. The molecule has 0 saturated heterocycles. The monoisotopic (exact) mass is 297 g/mol. The molecule has 0 fully saturated rings. The Kier molecular flexibility index (Phi) is 4.08. The number of nitrogens with zero attached hydrogens (tertiary/aromatic N) is 1. The van der Waals surface area contributed by atoms with Crippen LogP contribution in [0.4, 0.5) is 10.2 Å². The van der Waals surface area contributed by atoms with Gasteiger partial charge >= 0.3 is 0 Å². The number of hydrogen-bond acceptors (Lipinski definition) is 3. The predicted molar refractivity (Wildman–Crippen MR) is 74.5 cm³/mol. The van der Waals surface area contributed by atoms with Crippen molar-refractivity contribution in [2.24, 2.45) is 0 Å². The molecule has 1 heterocycles. The number of anilines is 1. The Labute approximate surface area is 117 Å². The molecule has 0 radical (unpaired) electrons. The van der Waals surface area contributed by atoms with Crippen LogP contribution in [-0.4, -0.2) is 18.6 Å². The lowest BCUT2D eigenvalue weighted by molar-refractivity contribution is 0.593. The van der Waals surface area contributed by atoms with Gasteiger partial charge in [-0.05, 0) is 31.0 Å². The second kappa shape index (κ2) is 5.62. The van der Waals surface area contributed by atoms with Gasteiger partial charge in [0.15, 0.2) is 5.82 Å². The van der Waals surface area contributed by atoms with Gasteiger partial charge in [-0.2, -0.15) is 5.10 Å². The highest BCUT2D eigenvalue weighted by molar-refractivity contribution is 7.92. The Hall–Kier alpha value is -1.89. The Balaban J connectivity index is 2.23. The van der Waals surface area contributed by atoms with Crippen molar-refractivity contribution >= 4 is 15.8 Å². The molecule has 7 heteroatoms. The molecule has 0 bridgehead atoms. The molecule has 5 nitrogen and oxygen atoms in total. The molecule has 0 aliphatic heterocycles. The Morgan fingerprint density at radius 2 is 2.10 bits per heavy atom. The van der Waals surface area contributed by atoms with Gasteiger partial charge in [0, 0.05) is 11.8 Å². The van der Waals surface area contributed by atoms with Crippen LogP contribution in [-0.2, 0) is 16.4 Å². The maximum absolute atomic E-state index is 13.4. The highest BCUT2D eigenvalue weighted by Crippen LogP contribution is 2.18. The molecule has 0 unspecified atom stereocenters. The highest BCUT2D eigenvalue weighted by atomic mass is 32.2. The summed E-state index contributed by atoms with van der Waals surface area (Å²) >= 11 is 0. The largest absolute Gasteiger partial charge is 0.280 e. The van der Waals surface area contributed by atoms with Crippen LogP contribution in [0.2, 0.25) is 0 Å². The van der Waals surface area contributed by atoms with E-state index in [9.17, 15) is 12.8 Å². The number of rotatable bonds is 5. The van der Waals surface area contributed by atoms with E-state index in [0.717, 1.165) is 24.6 Å². The maximum atomic E-state index is 13.4. The zero-order valence-corrected chi connectivity index (χ0v) is 12.1. The first-order valence-electron chi connectivity index (χ1n) is 6.25. The second-order valence-corrected chi connectivity index (χ2v) is 6.23. The van der Waals surface area contributed by atoms with Gasteiger partial charge in [0.05, 0.1) is 4.90 Å².